The van der Waals surface area contributed by atoms with Crippen molar-refractivity contribution in [1.82, 2.24) is 9.80 Å². The molecule has 0 N–H and O–H groups in total. The summed E-state index contributed by atoms with van der Waals surface area (Å²) in [6, 6.07) is 0. The van der Waals surface area contributed by atoms with Gasteiger partial charge in [0.15, 0.2) is 0 Å². The molecule has 0 saturated heterocycles. The lowest BCUT2D eigenvalue weighted by Gasteiger charge is -2.23. The van der Waals surface area contributed by atoms with E-state index in [2.05, 4.69) is 87.5 Å². The average molecular weight is 335 g/mol. The zero-order valence-corrected chi connectivity index (χ0v) is 17.2. The van der Waals surface area contributed by atoms with Gasteiger partial charge < -0.3 is 9.80 Å². The van der Waals surface area contributed by atoms with E-state index in [1.54, 1.807) is 0 Å². The predicted octanol–water partition coefficient (Wildman–Crippen LogP) is 5.09. The number of hydrogen-bond acceptors (Lipinski definition) is 2. The van der Waals surface area contributed by atoms with Crippen molar-refractivity contribution in [3.8, 4) is 0 Å². The molecule has 4 nitrogen and oxygen atoms in total. The van der Waals surface area contributed by atoms with Gasteiger partial charge in [-0.3, -0.25) is 0 Å². The Labute approximate surface area is 150 Å². The van der Waals surface area contributed by atoms with Gasteiger partial charge in [0.1, 0.15) is 11.7 Å². The fourth-order valence-corrected chi connectivity index (χ4v) is 2.35. The summed E-state index contributed by atoms with van der Waals surface area (Å²) in [5.41, 5.74) is 2.62. The maximum atomic E-state index is 4.65. The molecule has 0 rings (SSSR count). The molecular formula is C20H38N4. The summed E-state index contributed by atoms with van der Waals surface area (Å²) in [4.78, 5) is 4.56. The highest BCUT2D eigenvalue weighted by Crippen LogP contribution is 2.06. The van der Waals surface area contributed by atoms with Gasteiger partial charge in [-0.2, -0.15) is 0 Å². The van der Waals surface area contributed by atoms with Crippen LogP contribution in [0.2, 0.25) is 0 Å². The van der Waals surface area contributed by atoms with Crippen LogP contribution in [0.4, 0.5) is 0 Å². The molecule has 4 heteroatoms. The van der Waals surface area contributed by atoms with Crippen LogP contribution >= 0.6 is 0 Å². The van der Waals surface area contributed by atoms with Gasteiger partial charge in [-0.25, -0.2) is 0 Å². The lowest BCUT2D eigenvalue weighted by Crippen LogP contribution is -2.32. The lowest BCUT2D eigenvalue weighted by molar-refractivity contribution is 0.450. The molecule has 0 fully saturated rings. The Balaban J connectivity index is 5.63. The second kappa shape index (κ2) is 12.8. The zero-order valence-electron chi connectivity index (χ0n) is 17.2. The van der Waals surface area contributed by atoms with Crippen LogP contribution in [-0.4, -0.2) is 47.7 Å². The van der Waals surface area contributed by atoms with Crippen LogP contribution in [0.1, 0.15) is 68.2 Å². The van der Waals surface area contributed by atoms with E-state index in [0.717, 1.165) is 50.7 Å². The molecule has 24 heavy (non-hydrogen) atoms. The van der Waals surface area contributed by atoms with Gasteiger partial charge >= 0.3 is 0 Å². The van der Waals surface area contributed by atoms with Crippen molar-refractivity contribution in [2.75, 3.05) is 26.2 Å². The van der Waals surface area contributed by atoms with E-state index < -0.39 is 0 Å². The second-order valence-corrected chi connectivity index (χ2v) is 6.35. The Kier molecular flexibility index (Phi) is 12.0. The van der Waals surface area contributed by atoms with E-state index in [-0.39, 0.29) is 0 Å². The number of hydrogen-bond donors (Lipinski definition) is 0. The van der Waals surface area contributed by atoms with Gasteiger partial charge in [0, 0.05) is 39.0 Å². The Morgan fingerprint density at radius 2 is 0.917 bits per heavy atom. The van der Waals surface area contributed by atoms with Crippen LogP contribution in [0.3, 0.4) is 0 Å². The fourth-order valence-electron chi connectivity index (χ4n) is 2.35. The highest BCUT2D eigenvalue weighted by molar-refractivity contribution is 5.87. The van der Waals surface area contributed by atoms with Gasteiger partial charge in [-0.1, -0.05) is 23.3 Å². The molecule has 138 valence electrons. The van der Waals surface area contributed by atoms with Crippen molar-refractivity contribution in [3.05, 3.63) is 23.3 Å². The molecule has 0 saturated carbocycles. The summed E-state index contributed by atoms with van der Waals surface area (Å²) >= 11 is 0. The first-order valence-corrected chi connectivity index (χ1v) is 9.29. The molecule has 0 aliphatic heterocycles. The molecule has 0 atom stereocenters. The predicted molar refractivity (Wildman–Crippen MR) is 109 cm³/mol. The summed E-state index contributed by atoms with van der Waals surface area (Å²) in [5, 5.41) is 9.30. The van der Waals surface area contributed by atoms with E-state index in [9.17, 15) is 0 Å². The fraction of sp³-hybridized carbons (Fsp3) is 0.700. The van der Waals surface area contributed by atoms with Crippen molar-refractivity contribution < 1.29 is 0 Å². The van der Waals surface area contributed by atoms with E-state index in [4.69, 9.17) is 0 Å². The Hall–Kier alpha value is -1.58. The highest BCUT2D eigenvalue weighted by Gasteiger charge is 2.09. The van der Waals surface area contributed by atoms with Gasteiger partial charge in [0.05, 0.1) is 0 Å². The summed E-state index contributed by atoms with van der Waals surface area (Å²) in [6.45, 7) is 21.0. The number of amidine groups is 2. The summed E-state index contributed by atoms with van der Waals surface area (Å²) < 4.78 is 0. The van der Waals surface area contributed by atoms with Crippen LogP contribution < -0.4 is 0 Å². The summed E-state index contributed by atoms with van der Waals surface area (Å²) in [5.74, 6) is 2.09. The van der Waals surface area contributed by atoms with E-state index in [1.807, 2.05) is 0 Å². The van der Waals surface area contributed by atoms with Crippen molar-refractivity contribution in [2.45, 2.75) is 68.2 Å². The average Bonchev–Trinajstić information content (AvgIpc) is 2.54. The summed E-state index contributed by atoms with van der Waals surface area (Å²) in [6.07, 6.45) is 6.11. The van der Waals surface area contributed by atoms with Crippen LogP contribution in [0.25, 0.3) is 0 Å². The van der Waals surface area contributed by atoms with Crippen LogP contribution in [0.15, 0.2) is 33.5 Å². The maximum Gasteiger partial charge on any atom is 0.131 e. The zero-order chi connectivity index (χ0) is 18.5. The maximum absolute atomic E-state index is 4.65. The smallest absolute Gasteiger partial charge is 0.131 e. The Morgan fingerprint density at radius 1 is 0.625 bits per heavy atom. The minimum atomic E-state index is 0.835. The Morgan fingerprint density at radius 3 is 1.12 bits per heavy atom. The van der Waals surface area contributed by atoms with Gasteiger partial charge in [-0.15, -0.1) is 10.2 Å². The highest BCUT2D eigenvalue weighted by atomic mass is 15.3. The van der Waals surface area contributed by atoms with Crippen molar-refractivity contribution in [3.63, 3.8) is 0 Å². The van der Waals surface area contributed by atoms with Crippen molar-refractivity contribution >= 4 is 11.7 Å². The van der Waals surface area contributed by atoms with Crippen molar-refractivity contribution in [2.24, 2.45) is 10.2 Å². The van der Waals surface area contributed by atoms with E-state index in [0.29, 0.717) is 0 Å². The molecule has 0 heterocycles. The largest absolute Gasteiger partial charge is 0.359 e. The van der Waals surface area contributed by atoms with Crippen LogP contribution in [0, 0.1) is 0 Å². The monoisotopic (exact) mass is 334 g/mol. The van der Waals surface area contributed by atoms with Gasteiger partial charge in [0.25, 0.3) is 0 Å². The first-order valence-electron chi connectivity index (χ1n) is 9.29. The minimum Gasteiger partial charge on any atom is -0.359 e. The lowest BCUT2D eigenvalue weighted by atomic mass is 10.2. The minimum absolute atomic E-state index is 0.835. The third kappa shape index (κ3) is 8.90. The molecule has 0 spiro atoms. The first-order chi connectivity index (χ1) is 11.4. The molecule has 0 aliphatic carbocycles. The standard InChI is InChI=1S/C20H38N4/c1-9-23(10-2)19(15-13-17(5)6)21-22-20(16-14-18(7)8)24(11-3)12-4/h13-14H,9-12,15-16H2,1-8H3/b21-19-,22-20-. The molecule has 0 aromatic carbocycles. The molecule has 0 bridgehead atoms. The molecule has 0 aromatic rings. The topological polar surface area (TPSA) is 31.2 Å². The molecule has 0 aromatic heterocycles. The summed E-state index contributed by atoms with van der Waals surface area (Å²) in [7, 11) is 0. The van der Waals surface area contributed by atoms with E-state index in [1.165, 1.54) is 11.1 Å². The van der Waals surface area contributed by atoms with E-state index >= 15 is 0 Å². The molecule has 0 unspecified atom stereocenters. The molecule has 0 radical (unpaired) electrons. The Bertz CT molecular complexity index is 412. The SMILES string of the molecule is CCN(CC)/C(CC=C(C)C)=N\N=C(\CC=C(C)C)N(CC)CC. The second-order valence-electron chi connectivity index (χ2n) is 6.35. The third-order valence-electron chi connectivity index (χ3n) is 3.92. The van der Waals surface area contributed by atoms with Gasteiger partial charge in [-0.05, 0) is 55.4 Å². The first kappa shape index (κ1) is 22.4. The quantitative estimate of drug-likeness (QED) is 0.254. The molecule has 0 amide bonds. The van der Waals surface area contributed by atoms with Crippen molar-refractivity contribution in [1.29, 1.82) is 0 Å². The molecule has 0 aliphatic rings. The number of nitrogens with zero attached hydrogens (tertiary/aromatic N) is 4. The van der Waals surface area contributed by atoms with Crippen LogP contribution in [0.5, 0.6) is 0 Å². The number of allylic oxidation sites excluding steroid dienone is 2. The van der Waals surface area contributed by atoms with Crippen LogP contribution in [-0.2, 0) is 0 Å². The van der Waals surface area contributed by atoms with Gasteiger partial charge in [0.2, 0.25) is 0 Å². The number of rotatable bonds is 9. The molecular weight excluding hydrogens is 296 g/mol. The normalized spacial score (nSPS) is 12.0. The third-order valence-corrected chi connectivity index (χ3v) is 3.92.